The molecular weight excluding hydrogens is 234 g/mol. The smallest absolute Gasteiger partial charge is 0.356 e. The number of alkyl halides is 1. The molecule has 0 aromatic carbocycles. The zero-order chi connectivity index (χ0) is 12.0. The highest BCUT2D eigenvalue weighted by molar-refractivity contribution is 6.27. The third-order valence-corrected chi connectivity index (χ3v) is 2.04. The van der Waals surface area contributed by atoms with Crippen LogP contribution >= 0.6 is 11.6 Å². The summed E-state index contributed by atoms with van der Waals surface area (Å²) in [6, 6.07) is 0. The Morgan fingerprint density at radius 3 is 3.00 bits per heavy atom. The summed E-state index contributed by atoms with van der Waals surface area (Å²) in [5.74, 6) is -0.917. The van der Waals surface area contributed by atoms with E-state index < -0.39 is 5.97 Å². The number of aromatic amines is 1. The zero-order valence-corrected chi connectivity index (χ0v) is 9.50. The topological polar surface area (TPSA) is 84.1 Å². The largest absolute Gasteiger partial charge is 0.461 e. The number of aromatic nitrogens is 2. The van der Waals surface area contributed by atoms with E-state index in [9.17, 15) is 9.59 Å². The highest BCUT2D eigenvalue weighted by Crippen LogP contribution is 2.06. The van der Waals surface area contributed by atoms with Gasteiger partial charge in [-0.2, -0.15) is 5.10 Å². The van der Waals surface area contributed by atoms with Crippen molar-refractivity contribution in [2.24, 2.45) is 0 Å². The van der Waals surface area contributed by atoms with Crippen LogP contribution in [0, 0.1) is 0 Å². The van der Waals surface area contributed by atoms with Crippen LogP contribution in [0.2, 0.25) is 0 Å². The van der Waals surface area contributed by atoms with Crippen molar-refractivity contribution in [3.63, 3.8) is 0 Å². The molecule has 0 aliphatic heterocycles. The maximum absolute atomic E-state index is 11.4. The molecule has 1 aromatic heterocycles. The average Bonchev–Trinajstić information content (AvgIpc) is 2.74. The molecule has 0 saturated heterocycles. The second-order valence-electron chi connectivity index (χ2n) is 2.90. The Labute approximate surface area is 97.3 Å². The molecule has 1 heterocycles. The Kier molecular flexibility index (Phi) is 4.78. The lowest BCUT2D eigenvalue weighted by atomic mass is 10.2. The van der Waals surface area contributed by atoms with E-state index in [1.807, 2.05) is 0 Å². The van der Waals surface area contributed by atoms with E-state index in [4.69, 9.17) is 16.3 Å². The first kappa shape index (κ1) is 12.5. The summed E-state index contributed by atoms with van der Waals surface area (Å²) in [5, 5.41) is 8.78. The van der Waals surface area contributed by atoms with Gasteiger partial charge in [-0.15, -0.1) is 11.6 Å². The Balaban J connectivity index is 2.63. The molecule has 1 amide bonds. The number of hydrogen-bond acceptors (Lipinski definition) is 4. The van der Waals surface area contributed by atoms with Gasteiger partial charge in [0.1, 0.15) is 11.6 Å². The van der Waals surface area contributed by atoms with Crippen LogP contribution in [-0.4, -0.2) is 34.6 Å². The highest BCUT2D eigenvalue weighted by Gasteiger charge is 2.14. The Bertz CT molecular complexity index is 378. The number of nitrogens with zero attached hydrogens (tertiary/aromatic N) is 1. The van der Waals surface area contributed by atoms with Crippen LogP contribution < -0.4 is 5.32 Å². The minimum absolute atomic E-state index is 0.118. The molecule has 1 aromatic rings. The summed E-state index contributed by atoms with van der Waals surface area (Å²) >= 11 is 5.32. The molecule has 0 bridgehead atoms. The molecule has 1 rings (SSSR count). The molecule has 0 atom stereocenters. The first-order chi connectivity index (χ1) is 7.69. The van der Waals surface area contributed by atoms with Crippen LogP contribution in [0.3, 0.4) is 0 Å². The lowest BCUT2D eigenvalue weighted by Crippen LogP contribution is -2.24. The van der Waals surface area contributed by atoms with E-state index in [1.165, 1.54) is 6.20 Å². The maximum Gasteiger partial charge on any atom is 0.356 e. The second-order valence-corrected chi connectivity index (χ2v) is 3.17. The number of amides is 1. The van der Waals surface area contributed by atoms with Crippen molar-refractivity contribution in [2.75, 3.05) is 12.5 Å². The van der Waals surface area contributed by atoms with Gasteiger partial charge in [-0.05, 0) is 6.92 Å². The number of H-pyrrole nitrogens is 1. The molecule has 0 fully saturated rings. The van der Waals surface area contributed by atoms with E-state index in [0.29, 0.717) is 5.56 Å². The molecule has 0 aliphatic carbocycles. The monoisotopic (exact) mass is 245 g/mol. The van der Waals surface area contributed by atoms with Gasteiger partial charge in [0.25, 0.3) is 0 Å². The van der Waals surface area contributed by atoms with Gasteiger partial charge in [0.05, 0.1) is 12.8 Å². The van der Waals surface area contributed by atoms with Crippen molar-refractivity contribution in [1.82, 2.24) is 15.5 Å². The summed E-state index contributed by atoms with van der Waals surface area (Å²) < 4.78 is 4.81. The predicted octanol–water partition coefficient (Wildman–Crippen LogP) is 0.441. The number of nitrogens with one attached hydrogen (secondary N) is 2. The molecule has 0 spiro atoms. The fraction of sp³-hybridized carbons (Fsp3) is 0.444. The molecule has 88 valence electrons. The van der Waals surface area contributed by atoms with Gasteiger partial charge in [-0.1, -0.05) is 0 Å². The summed E-state index contributed by atoms with van der Waals surface area (Å²) in [6.07, 6.45) is 1.46. The van der Waals surface area contributed by atoms with Gasteiger partial charge in [0.15, 0.2) is 0 Å². The maximum atomic E-state index is 11.4. The van der Waals surface area contributed by atoms with Gasteiger partial charge in [0.2, 0.25) is 5.91 Å². The number of carbonyl (C=O) groups excluding carboxylic acids is 2. The molecule has 0 unspecified atom stereocenters. The van der Waals surface area contributed by atoms with E-state index in [-0.39, 0.29) is 30.6 Å². The summed E-state index contributed by atoms with van der Waals surface area (Å²) in [6.45, 7) is 2.19. The third-order valence-electron chi connectivity index (χ3n) is 1.79. The average molecular weight is 246 g/mol. The summed E-state index contributed by atoms with van der Waals surface area (Å²) in [5.41, 5.74) is 0.814. The van der Waals surface area contributed by atoms with Crippen molar-refractivity contribution in [3.05, 3.63) is 17.5 Å². The van der Waals surface area contributed by atoms with Gasteiger partial charge < -0.3 is 10.1 Å². The van der Waals surface area contributed by atoms with Crippen LogP contribution in [0.25, 0.3) is 0 Å². The van der Waals surface area contributed by atoms with E-state index >= 15 is 0 Å². The first-order valence-electron chi connectivity index (χ1n) is 4.71. The molecule has 7 heteroatoms. The number of esters is 1. The number of halogens is 1. The normalized spacial score (nSPS) is 9.88. The van der Waals surface area contributed by atoms with Crippen molar-refractivity contribution in [1.29, 1.82) is 0 Å². The van der Waals surface area contributed by atoms with Crippen LogP contribution in [0.4, 0.5) is 0 Å². The Morgan fingerprint density at radius 2 is 2.38 bits per heavy atom. The van der Waals surface area contributed by atoms with Gasteiger partial charge >= 0.3 is 5.97 Å². The van der Waals surface area contributed by atoms with Crippen molar-refractivity contribution in [2.45, 2.75) is 13.5 Å². The molecule has 16 heavy (non-hydrogen) atoms. The number of ether oxygens (including phenoxy) is 1. The van der Waals surface area contributed by atoms with E-state index in [0.717, 1.165) is 0 Å². The van der Waals surface area contributed by atoms with Crippen LogP contribution in [0.1, 0.15) is 23.0 Å². The van der Waals surface area contributed by atoms with E-state index in [2.05, 4.69) is 15.5 Å². The quantitative estimate of drug-likeness (QED) is 0.582. The molecule has 2 N–H and O–H groups in total. The summed E-state index contributed by atoms with van der Waals surface area (Å²) in [4.78, 5) is 22.3. The zero-order valence-electron chi connectivity index (χ0n) is 8.75. The molecular formula is C9H12ClN3O3. The third kappa shape index (κ3) is 3.23. The second kappa shape index (κ2) is 6.12. The lowest BCUT2D eigenvalue weighted by Gasteiger charge is -2.03. The first-order valence-corrected chi connectivity index (χ1v) is 5.24. The fourth-order valence-electron chi connectivity index (χ4n) is 1.07. The van der Waals surface area contributed by atoms with Crippen LogP contribution in [0.5, 0.6) is 0 Å². The fourth-order valence-corrected chi connectivity index (χ4v) is 1.16. The number of carbonyl (C=O) groups is 2. The SMILES string of the molecule is CCOC(=O)c1[nH]ncc1CNC(=O)CCl. The van der Waals surface area contributed by atoms with Crippen molar-refractivity contribution < 1.29 is 14.3 Å². The standard InChI is InChI=1S/C9H12ClN3O3/c1-2-16-9(15)8-6(5-12-13-8)4-11-7(14)3-10/h5H,2-4H2,1H3,(H,11,14)(H,12,13). The van der Waals surface area contributed by atoms with E-state index in [1.54, 1.807) is 6.92 Å². The lowest BCUT2D eigenvalue weighted by molar-refractivity contribution is -0.118. The number of hydrogen-bond donors (Lipinski definition) is 2. The predicted molar refractivity (Wildman–Crippen MR) is 57.1 cm³/mol. The van der Waals surface area contributed by atoms with Gasteiger partial charge in [-0.25, -0.2) is 4.79 Å². The molecule has 0 saturated carbocycles. The van der Waals surface area contributed by atoms with Crippen LogP contribution in [-0.2, 0) is 16.1 Å². The number of rotatable bonds is 5. The van der Waals surface area contributed by atoms with Gasteiger partial charge in [0, 0.05) is 12.1 Å². The highest BCUT2D eigenvalue weighted by atomic mass is 35.5. The minimum atomic E-state index is -0.491. The Morgan fingerprint density at radius 1 is 1.62 bits per heavy atom. The molecule has 6 nitrogen and oxygen atoms in total. The van der Waals surface area contributed by atoms with Crippen molar-refractivity contribution >= 4 is 23.5 Å². The Hall–Kier alpha value is -1.56. The molecule has 0 radical (unpaired) electrons. The van der Waals surface area contributed by atoms with Gasteiger partial charge in [-0.3, -0.25) is 9.89 Å². The van der Waals surface area contributed by atoms with Crippen molar-refractivity contribution in [3.8, 4) is 0 Å². The van der Waals surface area contributed by atoms with Crippen LogP contribution in [0.15, 0.2) is 6.20 Å². The minimum Gasteiger partial charge on any atom is -0.461 e. The summed E-state index contributed by atoms with van der Waals surface area (Å²) in [7, 11) is 0. The molecule has 0 aliphatic rings.